The number of likely N-dealkylation sites (N-methyl/N-ethyl adjacent to an activating group) is 1. The Labute approximate surface area is 113 Å². The first-order valence-electron chi connectivity index (χ1n) is 6.52. The van der Waals surface area contributed by atoms with E-state index in [1.165, 1.54) is 0 Å². The molecular weight excluding hydrogens is 242 g/mol. The molecule has 2 N–H and O–H groups in total. The summed E-state index contributed by atoms with van der Waals surface area (Å²) in [6.07, 6.45) is 0.198. The Bertz CT molecular complexity index is 433. The fourth-order valence-electron chi connectivity index (χ4n) is 2.17. The highest BCUT2D eigenvalue weighted by Gasteiger charge is 2.21. The maximum Gasteiger partial charge on any atom is 0.240 e. The molecule has 0 radical (unpaired) electrons. The Balaban J connectivity index is 1.93. The van der Waals surface area contributed by atoms with Gasteiger partial charge in [0.15, 0.2) is 0 Å². The van der Waals surface area contributed by atoms with Gasteiger partial charge in [-0.1, -0.05) is 0 Å². The summed E-state index contributed by atoms with van der Waals surface area (Å²) in [7, 11) is 1.79. The molecule has 1 amide bonds. The van der Waals surface area contributed by atoms with Crippen LogP contribution in [0.3, 0.4) is 0 Å². The third kappa shape index (κ3) is 3.68. The number of amides is 1. The summed E-state index contributed by atoms with van der Waals surface area (Å²) in [5.74, 6) is 0.0823. The number of hydrogen-bond acceptors (Lipinski definition) is 4. The van der Waals surface area contributed by atoms with Gasteiger partial charge < -0.3 is 15.4 Å². The predicted octanol–water partition coefficient (Wildman–Crippen LogP) is 0.952. The van der Waals surface area contributed by atoms with Gasteiger partial charge in [-0.3, -0.25) is 9.69 Å². The van der Waals surface area contributed by atoms with Crippen LogP contribution in [0.5, 0.6) is 0 Å². The number of rotatable bonds is 3. The van der Waals surface area contributed by atoms with Gasteiger partial charge in [0, 0.05) is 31.5 Å². The van der Waals surface area contributed by atoms with Crippen LogP contribution in [-0.2, 0) is 9.53 Å². The Hall–Kier alpha value is -1.59. The van der Waals surface area contributed by atoms with E-state index in [4.69, 9.17) is 10.5 Å². The molecule has 1 aromatic carbocycles. The van der Waals surface area contributed by atoms with Crippen LogP contribution < -0.4 is 10.6 Å². The van der Waals surface area contributed by atoms with Crippen molar-refractivity contribution in [3.63, 3.8) is 0 Å². The van der Waals surface area contributed by atoms with Crippen molar-refractivity contribution in [1.29, 1.82) is 0 Å². The average molecular weight is 263 g/mol. The van der Waals surface area contributed by atoms with Gasteiger partial charge in [-0.05, 0) is 31.2 Å². The van der Waals surface area contributed by atoms with Gasteiger partial charge in [0.2, 0.25) is 5.91 Å². The van der Waals surface area contributed by atoms with Gasteiger partial charge >= 0.3 is 0 Å². The summed E-state index contributed by atoms with van der Waals surface area (Å²) >= 11 is 0. The second kappa shape index (κ2) is 6.04. The standard InChI is InChI=1S/C14H21N3O2/c1-11-9-17(7-8-19-11)10-14(18)16(2)13-5-3-12(15)4-6-13/h3-6,11H,7-10,15H2,1-2H3. The molecule has 0 spiro atoms. The van der Waals surface area contributed by atoms with E-state index < -0.39 is 0 Å². The van der Waals surface area contributed by atoms with Crippen molar-refractivity contribution in [3.05, 3.63) is 24.3 Å². The smallest absolute Gasteiger partial charge is 0.240 e. The minimum atomic E-state index is 0.0823. The first kappa shape index (κ1) is 13.8. The van der Waals surface area contributed by atoms with Crippen molar-refractivity contribution in [2.45, 2.75) is 13.0 Å². The first-order chi connectivity index (χ1) is 9.06. The molecule has 1 aliphatic heterocycles. The number of morpholine rings is 1. The SMILES string of the molecule is CC1CN(CC(=O)N(C)c2ccc(N)cc2)CCO1. The number of anilines is 2. The molecule has 0 bridgehead atoms. The van der Waals surface area contributed by atoms with Crippen molar-refractivity contribution >= 4 is 17.3 Å². The third-order valence-corrected chi connectivity index (χ3v) is 3.34. The zero-order valence-corrected chi connectivity index (χ0v) is 11.5. The van der Waals surface area contributed by atoms with Crippen molar-refractivity contribution < 1.29 is 9.53 Å². The number of nitrogens with zero attached hydrogens (tertiary/aromatic N) is 2. The van der Waals surface area contributed by atoms with Crippen LogP contribution in [0.4, 0.5) is 11.4 Å². The van der Waals surface area contributed by atoms with Crippen LogP contribution in [0.2, 0.25) is 0 Å². The second-order valence-electron chi connectivity index (χ2n) is 4.96. The van der Waals surface area contributed by atoms with Crippen molar-refractivity contribution in [2.75, 3.05) is 43.9 Å². The minimum Gasteiger partial charge on any atom is -0.399 e. The van der Waals surface area contributed by atoms with Gasteiger partial charge in [0.1, 0.15) is 0 Å². The lowest BCUT2D eigenvalue weighted by Crippen LogP contribution is -2.46. The van der Waals surface area contributed by atoms with E-state index in [1.54, 1.807) is 24.1 Å². The lowest BCUT2D eigenvalue weighted by atomic mass is 10.2. The van der Waals surface area contributed by atoms with Gasteiger partial charge in [-0.2, -0.15) is 0 Å². The highest BCUT2D eigenvalue weighted by molar-refractivity contribution is 5.94. The van der Waals surface area contributed by atoms with Crippen LogP contribution in [0.25, 0.3) is 0 Å². The van der Waals surface area contributed by atoms with Gasteiger partial charge in [-0.15, -0.1) is 0 Å². The van der Waals surface area contributed by atoms with Crippen LogP contribution in [0.1, 0.15) is 6.92 Å². The monoisotopic (exact) mass is 263 g/mol. The third-order valence-electron chi connectivity index (χ3n) is 3.34. The van der Waals surface area contributed by atoms with Gasteiger partial charge in [0.25, 0.3) is 0 Å². The fraction of sp³-hybridized carbons (Fsp3) is 0.500. The quantitative estimate of drug-likeness (QED) is 0.825. The summed E-state index contributed by atoms with van der Waals surface area (Å²) in [4.78, 5) is 16.0. The van der Waals surface area contributed by atoms with E-state index in [0.29, 0.717) is 18.8 Å². The number of carbonyl (C=O) groups is 1. The normalized spacial score (nSPS) is 20.2. The first-order valence-corrected chi connectivity index (χ1v) is 6.52. The zero-order chi connectivity index (χ0) is 13.8. The second-order valence-corrected chi connectivity index (χ2v) is 4.96. The maximum absolute atomic E-state index is 12.2. The van der Waals surface area contributed by atoms with E-state index >= 15 is 0 Å². The van der Waals surface area contributed by atoms with E-state index in [-0.39, 0.29) is 12.0 Å². The highest BCUT2D eigenvalue weighted by Crippen LogP contribution is 2.15. The molecule has 0 aliphatic carbocycles. The topological polar surface area (TPSA) is 58.8 Å². The number of carbonyl (C=O) groups excluding carboxylic acids is 1. The van der Waals surface area contributed by atoms with Crippen LogP contribution in [0.15, 0.2) is 24.3 Å². The van der Waals surface area contributed by atoms with Crippen LogP contribution in [0, 0.1) is 0 Å². The van der Waals surface area contributed by atoms with Gasteiger partial charge in [0.05, 0.1) is 19.3 Å². The van der Waals surface area contributed by atoms with Crippen molar-refractivity contribution in [2.24, 2.45) is 0 Å². The molecular formula is C14H21N3O2. The van der Waals surface area contributed by atoms with Gasteiger partial charge in [-0.25, -0.2) is 0 Å². The number of nitrogen functional groups attached to an aromatic ring is 1. The lowest BCUT2D eigenvalue weighted by Gasteiger charge is -2.31. The summed E-state index contributed by atoms with van der Waals surface area (Å²) < 4.78 is 5.47. The molecule has 0 saturated carbocycles. The lowest BCUT2D eigenvalue weighted by molar-refractivity contribution is -0.121. The van der Waals surface area contributed by atoms with E-state index in [0.717, 1.165) is 18.8 Å². The molecule has 1 saturated heterocycles. The Morgan fingerprint density at radius 1 is 1.47 bits per heavy atom. The van der Waals surface area contributed by atoms with Crippen LogP contribution >= 0.6 is 0 Å². The summed E-state index contributed by atoms with van der Waals surface area (Å²) in [5, 5.41) is 0. The number of nitrogens with two attached hydrogens (primary N) is 1. The molecule has 1 unspecified atom stereocenters. The summed E-state index contributed by atoms with van der Waals surface area (Å²) in [5.41, 5.74) is 7.20. The van der Waals surface area contributed by atoms with E-state index in [2.05, 4.69) is 4.90 Å². The van der Waals surface area contributed by atoms with E-state index in [9.17, 15) is 4.79 Å². The maximum atomic E-state index is 12.2. The largest absolute Gasteiger partial charge is 0.399 e. The molecule has 5 heteroatoms. The molecule has 104 valence electrons. The fourth-order valence-corrected chi connectivity index (χ4v) is 2.17. The van der Waals surface area contributed by atoms with Crippen molar-refractivity contribution in [3.8, 4) is 0 Å². The van der Waals surface area contributed by atoms with Crippen LogP contribution in [-0.4, -0.2) is 50.2 Å². The molecule has 1 aromatic rings. The predicted molar refractivity (Wildman–Crippen MR) is 76.1 cm³/mol. The number of ether oxygens (including phenoxy) is 1. The highest BCUT2D eigenvalue weighted by atomic mass is 16.5. The molecule has 0 aromatic heterocycles. The average Bonchev–Trinajstić information content (AvgIpc) is 2.39. The van der Waals surface area contributed by atoms with Crippen molar-refractivity contribution in [1.82, 2.24) is 4.90 Å². The Morgan fingerprint density at radius 3 is 2.79 bits per heavy atom. The number of hydrogen-bond donors (Lipinski definition) is 1. The van der Waals surface area contributed by atoms with E-state index in [1.807, 2.05) is 19.1 Å². The molecule has 1 aliphatic rings. The molecule has 19 heavy (non-hydrogen) atoms. The summed E-state index contributed by atoms with van der Waals surface area (Å²) in [6.45, 7) is 4.77. The summed E-state index contributed by atoms with van der Waals surface area (Å²) in [6, 6.07) is 7.32. The Kier molecular flexibility index (Phi) is 4.39. The molecule has 1 atom stereocenters. The zero-order valence-electron chi connectivity index (χ0n) is 11.5. The Morgan fingerprint density at radius 2 is 2.16 bits per heavy atom. The molecule has 1 fully saturated rings. The molecule has 1 heterocycles. The molecule has 5 nitrogen and oxygen atoms in total. The minimum absolute atomic E-state index is 0.0823. The molecule has 2 rings (SSSR count). The number of benzene rings is 1.